The quantitative estimate of drug-likeness (QED) is 0.587. The average Bonchev–Trinajstić information content (AvgIpc) is 2.26. The first-order valence-corrected chi connectivity index (χ1v) is 6.18. The molecule has 0 spiro atoms. The molecule has 0 radical (unpaired) electrons. The van der Waals surface area contributed by atoms with Gasteiger partial charge >= 0.3 is 0 Å². The van der Waals surface area contributed by atoms with Crippen molar-refractivity contribution in [2.45, 2.75) is 46.3 Å². The predicted octanol–water partition coefficient (Wildman–Crippen LogP) is 3.56. The molecule has 0 saturated heterocycles. The molecule has 2 N–H and O–H groups in total. The van der Waals surface area contributed by atoms with Crippen molar-refractivity contribution in [2.75, 3.05) is 5.32 Å². The van der Waals surface area contributed by atoms with Crippen LogP contribution in [0, 0.1) is 5.92 Å². The van der Waals surface area contributed by atoms with E-state index in [1.165, 1.54) is 5.56 Å². The van der Waals surface area contributed by atoms with E-state index < -0.39 is 0 Å². The van der Waals surface area contributed by atoms with Gasteiger partial charge in [-0.3, -0.25) is 5.26 Å². The van der Waals surface area contributed by atoms with E-state index in [4.69, 9.17) is 5.26 Å². The molecule has 1 aromatic rings. The van der Waals surface area contributed by atoms with Gasteiger partial charge in [0.1, 0.15) is 0 Å². The highest BCUT2D eigenvalue weighted by molar-refractivity contribution is 5.45. The maximum Gasteiger partial charge on any atom is 0.0990 e. The maximum atomic E-state index is 8.82. The Labute approximate surface area is 104 Å². The summed E-state index contributed by atoms with van der Waals surface area (Å²) in [7, 11) is 0. The summed E-state index contributed by atoms with van der Waals surface area (Å²) < 4.78 is 0. The van der Waals surface area contributed by atoms with Crippen molar-refractivity contribution < 1.29 is 10.1 Å². The predicted molar refractivity (Wildman–Crippen MR) is 71.2 cm³/mol. The van der Waals surface area contributed by atoms with Gasteiger partial charge in [-0.2, -0.15) is 0 Å². The molecule has 0 fully saturated rings. The minimum atomic E-state index is -0.140. The van der Waals surface area contributed by atoms with Gasteiger partial charge in [0.05, 0.1) is 6.10 Å². The average molecular weight is 237 g/mol. The summed E-state index contributed by atoms with van der Waals surface area (Å²) in [5, 5.41) is 12.2. The third kappa shape index (κ3) is 4.75. The minimum absolute atomic E-state index is 0.140. The van der Waals surface area contributed by atoms with Gasteiger partial charge in [-0.1, -0.05) is 26.0 Å². The van der Waals surface area contributed by atoms with Crippen LogP contribution in [0.4, 0.5) is 5.69 Å². The van der Waals surface area contributed by atoms with Gasteiger partial charge in [0.15, 0.2) is 0 Å². The van der Waals surface area contributed by atoms with Crippen molar-refractivity contribution >= 4 is 5.69 Å². The van der Waals surface area contributed by atoms with E-state index in [2.05, 4.69) is 48.3 Å². The summed E-state index contributed by atoms with van der Waals surface area (Å²) in [5.41, 5.74) is 2.29. The van der Waals surface area contributed by atoms with Crippen molar-refractivity contribution in [1.29, 1.82) is 0 Å². The van der Waals surface area contributed by atoms with Crippen molar-refractivity contribution in [2.24, 2.45) is 5.92 Å². The molecule has 0 aliphatic carbocycles. The lowest BCUT2D eigenvalue weighted by Crippen LogP contribution is -2.21. The first-order chi connectivity index (χ1) is 8.02. The molecule has 0 bridgehead atoms. The SMILES string of the molecule is CC(C)Nc1ccc(CC(OO)C(C)C)cc1. The van der Waals surface area contributed by atoms with Crippen LogP contribution in [0.1, 0.15) is 33.3 Å². The molecule has 0 heterocycles. The molecule has 1 aromatic carbocycles. The van der Waals surface area contributed by atoms with Gasteiger partial charge in [0.2, 0.25) is 0 Å². The van der Waals surface area contributed by atoms with Crippen LogP contribution in [-0.2, 0) is 11.3 Å². The molecule has 17 heavy (non-hydrogen) atoms. The van der Waals surface area contributed by atoms with Crippen molar-refractivity contribution in [3.8, 4) is 0 Å². The smallest absolute Gasteiger partial charge is 0.0990 e. The molecule has 1 unspecified atom stereocenters. The molecule has 1 rings (SSSR count). The van der Waals surface area contributed by atoms with Crippen molar-refractivity contribution in [3.63, 3.8) is 0 Å². The molecule has 96 valence electrons. The second-order valence-corrected chi connectivity index (χ2v) is 5.09. The molecule has 3 nitrogen and oxygen atoms in total. The van der Waals surface area contributed by atoms with Crippen LogP contribution in [0.25, 0.3) is 0 Å². The Hall–Kier alpha value is -1.06. The van der Waals surface area contributed by atoms with Crippen LogP contribution < -0.4 is 5.32 Å². The fraction of sp³-hybridized carbons (Fsp3) is 0.571. The zero-order chi connectivity index (χ0) is 12.8. The lowest BCUT2D eigenvalue weighted by atomic mass is 9.99. The summed E-state index contributed by atoms with van der Waals surface area (Å²) in [6, 6.07) is 8.69. The molecule has 0 amide bonds. The fourth-order valence-electron chi connectivity index (χ4n) is 1.70. The van der Waals surface area contributed by atoms with Gasteiger partial charge in [-0.15, -0.1) is 0 Å². The second kappa shape index (κ2) is 6.62. The highest BCUT2D eigenvalue weighted by Gasteiger charge is 2.14. The van der Waals surface area contributed by atoms with Gasteiger partial charge < -0.3 is 5.32 Å². The summed E-state index contributed by atoms with van der Waals surface area (Å²) in [6.07, 6.45) is 0.592. The monoisotopic (exact) mass is 237 g/mol. The minimum Gasteiger partial charge on any atom is -0.383 e. The van der Waals surface area contributed by atoms with Gasteiger partial charge in [0, 0.05) is 18.2 Å². The molecule has 0 aromatic heterocycles. The number of hydrogen-bond acceptors (Lipinski definition) is 3. The van der Waals surface area contributed by atoms with E-state index in [0.717, 1.165) is 12.1 Å². The Morgan fingerprint density at radius 1 is 1.12 bits per heavy atom. The lowest BCUT2D eigenvalue weighted by Gasteiger charge is -2.17. The first kappa shape index (κ1) is 14.0. The molecule has 0 aliphatic heterocycles. The highest BCUT2D eigenvalue weighted by Crippen LogP contribution is 2.16. The number of benzene rings is 1. The summed E-state index contributed by atoms with van der Waals surface area (Å²) in [5.74, 6) is 0.300. The van der Waals surface area contributed by atoms with Gasteiger partial charge in [0.25, 0.3) is 0 Å². The van der Waals surface area contributed by atoms with Crippen LogP contribution in [0.2, 0.25) is 0 Å². The zero-order valence-corrected chi connectivity index (χ0v) is 11.1. The first-order valence-electron chi connectivity index (χ1n) is 6.18. The highest BCUT2D eigenvalue weighted by atomic mass is 17.1. The van der Waals surface area contributed by atoms with Crippen LogP contribution in [0.5, 0.6) is 0 Å². The van der Waals surface area contributed by atoms with Crippen LogP contribution >= 0.6 is 0 Å². The number of nitrogens with one attached hydrogen (secondary N) is 1. The maximum absolute atomic E-state index is 8.82. The van der Waals surface area contributed by atoms with Crippen LogP contribution in [-0.4, -0.2) is 17.4 Å². The summed E-state index contributed by atoms with van der Waals surface area (Å²) in [6.45, 7) is 8.30. The molecule has 0 aliphatic rings. The molecule has 0 saturated carbocycles. The van der Waals surface area contributed by atoms with E-state index in [9.17, 15) is 0 Å². The number of hydrogen-bond donors (Lipinski definition) is 2. The summed E-state index contributed by atoms with van der Waals surface area (Å²) in [4.78, 5) is 4.49. The molecular weight excluding hydrogens is 214 g/mol. The number of rotatable bonds is 6. The number of anilines is 1. The van der Waals surface area contributed by atoms with Crippen LogP contribution in [0.15, 0.2) is 24.3 Å². The van der Waals surface area contributed by atoms with Crippen molar-refractivity contribution in [1.82, 2.24) is 0 Å². The van der Waals surface area contributed by atoms with Gasteiger partial charge in [-0.25, -0.2) is 4.89 Å². The molecule has 1 atom stereocenters. The van der Waals surface area contributed by atoms with E-state index >= 15 is 0 Å². The third-order valence-electron chi connectivity index (χ3n) is 2.73. The fourth-order valence-corrected chi connectivity index (χ4v) is 1.70. The van der Waals surface area contributed by atoms with Crippen LogP contribution in [0.3, 0.4) is 0 Å². The Kier molecular flexibility index (Phi) is 5.45. The van der Waals surface area contributed by atoms with E-state index in [1.54, 1.807) is 0 Å². The molecular formula is C14H23NO2. The topological polar surface area (TPSA) is 41.5 Å². The Morgan fingerprint density at radius 2 is 1.71 bits per heavy atom. The summed E-state index contributed by atoms with van der Waals surface area (Å²) >= 11 is 0. The Balaban J connectivity index is 2.61. The Morgan fingerprint density at radius 3 is 2.12 bits per heavy atom. The van der Waals surface area contributed by atoms with Gasteiger partial charge in [-0.05, 0) is 37.5 Å². The largest absolute Gasteiger partial charge is 0.383 e. The van der Waals surface area contributed by atoms with E-state index in [-0.39, 0.29) is 6.10 Å². The molecule has 3 heteroatoms. The zero-order valence-electron chi connectivity index (χ0n) is 11.1. The third-order valence-corrected chi connectivity index (χ3v) is 2.73. The van der Waals surface area contributed by atoms with E-state index in [0.29, 0.717) is 12.0 Å². The normalized spacial score (nSPS) is 13.1. The Bertz CT molecular complexity index is 319. The lowest BCUT2D eigenvalue weighted by molar-refractivity contribution is -0.287. The van der Waals surface area contributed by atoms with E-state index in [1.807, 2.05) is 13.8 Å². The second-order valence-electron chi connectivity index (χ2n) is 5.09. The van der Waals surface area contributed by atoms with Crippen molar-refractivity contribution in [3.05, 3.63) is 29.8 Å². The standard InChI is InChI=1S/C14H23NO2/c1-10(2)14(17-16)9-12-5-7-13(8-6-12)15-11(3)4/h5-8,10-11,14-16H,9H2,1-4H3.